The van der Waals surface area contributed by atoms with Gasteiger partial charge in [-0.15, -0.1) is 0 Å². The third-order valence-electron chi connectivity index (χ3n) is 12.1. The van der Waals surface area contributed by atoms with E-state index in [-0.39, 0.29) is 0 Å². The van der Waals surface area contributed by atoms with Crippen molar-refractivity contribution in [2.45, 2.75) is 0 Å². The Hall–Kier alpha value is -8.54. The van der Waals surface area contributed by atoms with Crippen LogP contribution in [0.2, 0.25) is 0 Å². The number of nitrogens with zero attached hydrogens (tertiary/aromatic N) is 5. The van der Waals surface area contributed by atoms with E-state index in [4.69, 9.17) is 19.9 Å². The predicted molar refractivity (Wildman–Crippen MR) is 260 cm³/mol. The summed E-state index contributed by atoms with van der Waals surface area (Å²) in [6.45, 7) is 0. The molecule has 10 aromatic carbocycles. The summed E-state index contributed by atoms with van der Waals surface area (Å²) >= 11 is 0. The molecule has 0 radical (unpaired) electrons. The van der Waals surface area contributed by atoms with E-state index in [1.807, 2.05) is 12.1 Å². The second kappa shape index (κ2) is 15.2. The van der Waals surface area contributed by atoms with Crippen molar-refractivity contribution >= 4 is 43.4 Å². The molecule has 5 nitrogen and oxygen atoms in total. The van der Waals surface area contributed by atoms with Crippen molar-refractivity contribution in [2.24, 2.45) is 0 Å². The second-order valence-electron chi connectivity index (χ2n) is 15.8. The number of benzene rings is 10. The van der Waals surface area contributed by atoms with Gasteiger partial charge >= 0.3 is 0 Å². The van der Waals surface area contributed by atoms with Crippen LogP contribution in [0.5, 0.6) is 0 Å². The minimum Gasteiger partial charge on any atom is -0.292 e. The van der Waals surface area contributed by atoms with Gasteiger partial charge in [0.15, 0.2) is 17.5 Å². The van der Waals surface area contributed by atoms with Crippen LogP contribution in [0.15, 0.2) is 224 Å². The van der Waals surface area contributed by atoms with E-state index in [0.29, 0.717) is 17.5 Å². The van der Waals surface area contributed by atoms with Crippen LogP contribution in [0.3, 0.4) is 0 Å². The Morgan fingerprint density at radius 1 is 0.270 bits per heavy atom. The summed E-state index contributed by atoms with van der Waals surface area (Å²) < 4.78 is 2.34. The quantitative estimate of drug-likeness (QED) is 0.151. The van der Waals surface area contributed by atoms with Gasteiger partial charge in [-0.2, -0.15) is 0 Å². The minimum atomic E-state index is 0.599. The lowest BCUT2D eigenvalue weighted by Crippen LogP contribution is -2.01. The lowest BCUT2D eigenvalue weighted by atomic mass is 10.00. The third-order valence-corrected chi connectivity index (χ3v) is 12.1. The smallest absolute Gasteiger partial charge is 0.164 e. The number of fused-ring (bicyclic) bond motifs is 7. The zero-order valence-electron chi connectivity index (χ0n) is 34.1. The first kappa shape index (κ1) is 36.3. The summed E-state index contributed by atoms with van der Waals surface area (Å²) in [4.78, 5) is 20.9. The summed E-state index contributed by atoms with van der Waals surface area (Å²) in [6, 6.07) is 78.6. The molecule has 0 aliphatic carbocycles. The molecule has 0 fully saturated rings. The highest BCUT2D eigenvalue weighted by Gasteiger charge is 2.22. The van der Waals surface area contributed by atoms with Crippen molar-refractivity contribution in [3.63, 3.8) is 0 Å². The zero-order valence-corrected chi connectivity index (χ0v) is 34.1. The fourth-order valence-corrected chi connectivity index (χ4v) is 8.97. The van der Waals surface area contributed by atoms with E-state index in [1.54, 1.807) is 0 Å². The topological polar surface area (TPSA) is 56.5 Å². The molecule has 0 aliphatic rings. The molecule has 0 saturated heterocycles. The molecule has 0 bridgehead atoms. The minimum absolute atomic E-state index is 0.599. The third kappa shape index (κ3) is 6.42. The molecule has 5 heteroatoms. The van der Waals surface area contributed by atoms with Crippen LogP contribution >= 0.6 is 0 Å². The molecule has 0 N–H and O–H groups in total. The van der Waals surface area contributed by atoms with Crippen LogP contribution in [-0.2, 0) is 0 Å². The van der Waals surface area contributed by atoms with Crippen molar-refractivity contribution in [1.82, 2.24) is 24.5 Å². The standard InChI is InChI=1S/C58H37N5/c1-3-14-38(15-4-1)40-26-30-43(31-27-40)55-60-56(44-32-28-41(29-33-44)39-16-5-2-6-17-39)62-57(61-55)45-34-36-46(37-35-45)63-54-51-24-12-10-22-49(51)48-21-9-11-23-50(48)53(54)59-58(63)52-25-13-19-42-18-7-8-20-47(42)52/h1-37H. The Morgan fingerprint density at radius 2 is 0.667 bits per heavy atom. The van der Waals surface area contributed by atoms with E-state index >= 15 is 0 Å². The molecular formula is C58H37N5. The summed E-state index contributed by atoms with van der Waals surface area (Å²) in [7, 11) is 0. The Kier molecular flexibility index (Phi) is 8.75. The number of imidazole rings is 1. The molecule has 0 atom stereocenters. The van der Waals surface area contributed by atoms with Crippen LogP contribution < -0.4 is 0 Å². The Labute approximate surface area is 364 Å². The van der Waals surface area contributed by atoms with E-state index in [0.717, 1.165) is 83.2 Å². The van der Waals surface area contributed by atoms with Gasteiger partial charge in [-0.1, -0.05) is 200 Å². The van der Waals surface area contributed by atoms with Crippen molar-refractivity contribution in [1.29, 1.82) is 0 Å². The van der Waals surface area contributed by atoms with Gasteiger partial charge in [0.1, 0.15) is 5.82 Å². The molecule has 2 aromatic heterocycles. The van der Waals surface area contributed by atoms with Crippen LogP contribution in [-0.4, -0.2) is 24.5 Å². The molecule has 12 aromatic rings. The van der Waals surface area contributed by atoms with Gasteiger partial charge in [0.05, 0.1) is 11.0 Å². The molecule has 0 amide bonds. The molecule has 0 unspecified atom stereocenters. The van der Waals surface area contributed by atoms with E-state index in [2.05, 4.69) is 217 Å². The van der Waals surface area contributed by atoms with Gasteiger partial charge in [0, 0.05) is 38.7 Å². The lowest BCUT2D eigenvalue weighted by molar-refractivity contribution is 1.07. The highest BCUT2D eigenvalue weighted by atomic mass is 15.1. The van der Waals surface area contributed by atoms with Gasteiger partial charge in [-0.25, -0.2) is 19.9 Å². The maximum atomic E-state index is 5.54. The summed E-state index contributed by atoms with van der Waals surface area (Å²) in [5, 5.41) is 6.99. The van der Waals surface area contributed by atoms with Crippen LogP contribution in [0, 0.1) is 0 Å². The second-order valence-corrected chi connectivity index (χ2v) is 15.8. The molecule has 63 heavy (non-hydrogen) atoms. The highest BCUT2D eigenvalue weighted by Crippen LogP contribution is 2.41. The highest BCUT2D eigenvalue weighted by molar-refractivity contribution is 6.24. The zero-order chi connectivity index (χ0) is 41.7. The molecule has 0 aliphatic heterocycles. The number of hydrogen-bond acceptors (Lipinski definition) is 4. The number of aromatic nitrogens is 5. The first-order valence-corrected chi connectivity index (χ1v) is 21.2. The predicted octanol–water partition coefficient (Wildman–Crippen LogP) is 14.7. The van der Waals surface area contributed by atoms with Crippen molar-refractivity contribution in [3.05, 3.63) is 224 Å². The van der Waals surface area contributed by atoms with Crippen molar-refractivity contribution in [3.8, 4) is 73.5 Å². The Balaban J connectivity index is 1.02. The van der Waals surface area contributed by atoms with Gasteiger partial charge < -0.3 is 0 Å². The Morgan fingerprint density at radius 3 is 1.22 bits per heavy atom. The SMILES string of the molecule is c1ccc(-c2ccc(-c3nc(-c4ccc(-c5ccccc5)cc4)nc(-c4ccc(-n5c(-c6cccc7ccccc67)nc6c7ccccc7c7ccccc7c65)cc4)n3)cc2)cc1. The first-order valence-electron chi connectivity index (χ1n) is 21.2. The van der Waals surface area contributed by atoms with E-state index in [1.165, 1.54) is 16.2 Å². The van der Waals surface area contributed by atoms with Crippen molar-refractivity contribution < 1.29 is 0 Å². The van der Waals surface area contributed by atoms with Crippen LogP contribution in [0.1, 0.15) is 0 Å². The molecule has 0 saturated carbocycles. The fraction of sp³-hybridized carbons (Fsp3) is 0. The Bertz CT molecular complexity index is 3530. The molecule has 294 valence electrons. The maximum absolute atomic E-state index is 5.54. The van der Waals surface area contributed by atoms with E-state index < -0.39 is 0 Å². The van der Waals surface area contributed by atoms with Gasteiger partial charge in [-0.05, 0) is 68.1 Å². The summed E-state index contributed by atoms with van der Waals surface area (Å²) in [5.41, 5.74) is 11.4. The molecule has 2 heterocycles. The fourth-order valence-electron chi connectivity index (χ4n) is 8.97. The normalized spacial score (nSPS) is 11.5. The molecular weight excluding hydrogens is 767 g/mol. The maximum Gasteiger partial charge on any atom is 0.164 e. The average Bonchev–Trinajstić information content (AvgIpc) is 3.78. The summed E-state index contributed by atoms with van der Waals surface area (Å²) in [6.07, 6.45) is 0. The van der Waals surface area contributed by atoms with Gasteiger partial charge in [0.2, 0.25) is 0 Å². The lowest BCUT2D eigenvalue weighted by Gasteiger charge is -2.14. The summed E-state index contributed by atoms with van der Waals surface area (Å²) in [5.74, 6) is 2.71. The molecule has 12 rings (SSSR count). The molecule has 0 spiro atoms. The monoisotopic (exact) mass is 803 g/mol. The number of rotatable bonds is 7. The van der Waals surface area contributed by atoms with Gasteiger partial charge in [-0.3, -0.25) is 4.57 Å². The van der Waals surface area contributed by atoms with Crippen LogP contribution in [0.25, 0.3) is 117 Å². The average molecular weight is 804 g/mol. The van der Waals surface area contributed by atoms with Crippen molar-refractivity contribution in [2.75, 3.05) is 0 Å². The largest absolute Gasteiger partial charge is 0.292 e. The number of hydrogen-bond donors (Lipinski definition) is 0. The van der Waals surface area contributed by atoms with Crippen LogP contribution in [0.4, 0.5) is 0 Å². The first-order chi connectivity index (χ1) is 31.2. The van der Waals surface area contributed by atoms with Gasteiger partial charge in [0.25, 0.3) is 0 Å². The van der Waals surface area contributed by atoms with E-state index in [9.17, 15) is 0 Å².